The van der Waals surface area contributed by atoms with Gasteiger partial charge < -0.3 is 11.5 Å². The van der Waals surface area contributed by atoms with E-state index >= 15 is 0 Å². The summed E-state index contributed by atoms with van der Waals surface area (Å²) in [5.74, 6) is -0.220. The van der Waals surface area contributed by atoms with Crippen molar-refractivity contribution in [1.29, 1.82) is 0 Å². The molecule has 2 aromatic rings. The summed E-state index contributed by atoms with van der Waals surface area (Å²) >= 11 is 11.9. The summed E-state index contributed by atoms with van der Waals surface area (Å²) < 4.78 is 0. The van der Waals surface area contributed by atoms with Crippen molar-refractivity contribution >= 4 is 40.4 Å². The Labute approximate surface area is 114 Å². The van der Waals surface area contributed by atoms with Crippen molar-refractivity contribution in [3.05, 3.63) is 57.6 Å². The molecule has 0 heterocycles. The minimum atomic E-state index is -0.220. The highest BCUT2D eigenvalue weighted by atomic mass is 35.5. The number of ketones is 1. The van der Waals surface area contributed by atoms with Crippen molar-refractivity contribution in [3.8, 4) is 0 Å². The molecule has 0 saturated carbocycles. The maximum Gasteiger partial charge on any atom is 0.194 e. The van der Waals surface area contributed by atoms with Crippen molar-refractivity contribution in [3.63, 3.8) is 0 Å². The molecule has 0 fully saturated rings. The number of rotatable bonds is 2. The summed E-state index contributed by atoms with van der Waals surface area (Å²) in [6.45, 7) is 0. The van der Waals surface area contributed by atoms with Crippen molar-refractivity contribution < 1.29 is 4.79 Å². The van der Waals surface area contributed by atoms with Gasteiger partial charge in [0.1, 0.15) is 0 Å². The number of benzene rings is 2. The number of hydrogen-bond acceptors (Lipinski definition) is 3. The molecule has 18 heavy (non-hydrogen) atoms. The largest absolute Gasteiger partial charge is 0.399 e. The normalized spacial score (nSPS) is 10.3. The van der Waals surface area contributed by atoms with E-state index in [-0.39, 0.29) is 5.78 Å². The first-order valence-electron chi connectivity index (χ1n) is 5.14. The molecule has 0 spiro atoms. The SMILES string of the molecule is Nc1ccc(C(=O)c2ccc(N)c(Cl)c2)c(Cl)c1. The van der Waals surface area contributed by atoms with Crippen LogP contribution >= 0.6 is 23.2 Å². The van der Waals surface area contributed by atoms with E-state index in [2.05, 4.69) is 0 Å². The molecule has 0 aliphatic carbocycles. The van der Waals surface area contributed by atoms with Gasteiger partial charge >= 0.3 is 0 Å². The first-order chi connectivity index (χ1) is 8.49. The highest BCUT2D eigenvalue weighted by molar-refractivity contribution is 6.36. The molecule has 3 nitrogen and oxygen atoms in total. The van der Waals surface area contributed by atoms with Crippen LogP contribution in [0.25, 0.3) is 0 Å². The van der Waals surface area contributed by atoms with E-state index in [0.717, 1.165) is 0 Å². The minimum Gasteiger partial charge on any atom is -0.399 e. The van der Waals surface area contributed by atoms with Gasteiger partial charge in [0, 0.05) is 16.8 Å². The maximum absolute atomic E-state index is 12.2. The van der Waals surface area contributed by atoms with Crippen molar-refractivity contribution in [1.82, 2.24) is 0 Å². The molecule has 92 valence electrons. The fraction of sp³-hybridized carbons (Fsp3) is 0. The van der Waals surface area contributed by atoms with Gasteiger partial charge in [-0.15, -0.1) is 0 Å². The van der Waals surface area contributed by atoms with Crippen LogP contribution in [0.4, 0.5) is 11.4 Å². The second kappa shape index (κ2) is 4.88. The van der Waals surface area contributed by atoms with Crippen LogP contribution in [0.5, 0.6) is 0 Å². The Morgan fingerprint density at radius 3 is 2.28 bits per heavy atom. The average Bonchev–Trinajstić information content (AvgIpc) is 2.32. The second-order valence-electron chi connectivity index (χ2n) is 3.80. The molecule has 0 saturated heterocycles. The van der Waals surface area contributed by atoms with Gasteiger partial charge in [0.2, 0.25) is 0 Å². The molecule has 0 atom stereocenters. The fourth-order valence-electron chi connectivity index (χ4n) is 1.54. The molecule has 0 aromatic heterocycles. The van der Waals surface area contributed by atoms with Gasteiger partial charge in [-0.3, -0.25) is 4.79 Å². The Balaban J connectivity index is 2.44. The number of nitrogens with two attached hydrogens (primary N) is 2. The summed E-state index contributed by atoms with van der Waals surface area (Å²) in [6, 6.07) is 9.46. The lowest BCUT2D eigenvalue weighted by molar-refractivity contribution is 0.103. The van der Waals surface area contributed by atoms with E-state index in [0.29, 0.717) is 32.5 Å². The summed E-state index contributed by atoms with van der Waals surface area (Å²) in [5.41, 5.74) is 12.9. The molecule has 0 bridgehead atoms. The Hall–Kier alpha value is -1.71. The molecule has 0 aliphatic heterocycles. The molecular weight excluding hydrogens is 271 g/mol. The molecule has 0 unspecified atom stereocenters. The molecule has 2 rings (SSSR count). The van der Waals surface area contributed by atoms with Crippen LogP contribution in [0.1, 0.15) is 15.9 Å². The summed E-state index contributed by atoms with van der Waals surface area (Å²) in [4.78, 5) is 12.2. The number of anilines is 2. The van der Waals surface area contributed by atoms with E-state index in [9.17, 15) is 4.79 Å². The zero-order valence-corrected chi connectivity index (χ0v) is 10.8. The van der Waals surface area contributed by atoms with Gasteiger partial charge in [-0.05, 0) is 36.4 Å². The van der Waals surface area contributed by atoms with E-state index in [1.165, 1.54) is 12.1 Å². The number of halogens is 2. The van der Waals surface area contributed by atoms with Gasteiger partial charge in [0.25, 0.3) is 0 Å². The van der Waals surface area contributed by atoms with E-state index in [4.69, 9.17) is 34.7 Å². The van der Waals surface area contributed by atoms with Gasteiger partial charge in [-0.25, -0.2) is 0 Å². The zero-order valence-electron chi connectivity index (χ0n) is 9.28. The van der Waals surface area contributed by atoms with Crippen LogP contribution in [0, 0.1) is 0 Å². The smallest absolute Gasteiger partial charge is 0.194 e. The number of carbonyl (C=O) groups is 1. The van der Waals surface area contributed by atoms with E-state index in [1.54, 1.807) is 24.3 Å². The van der Waals surface area contributed by atoms with Crippen molar-refractivity contribution in [2.75, 3.05) is 11.5 Å². The second-order valence-corrected chi connectivity index (χ2v) is 4.62. The van der Waals surface area contributed by atoms with Crippen molar-refractivity contribution in [2.24, 2.45) is 0 Å². The maximum atomic E-state index is 12.2. The Bertz CT molecular complexity index is 626. The highest BCUT2D eigenvalue weighted by Crippen LogP contribution is 2.25. The lowest BCUT2D eigenvalue weighted by Gasteiger charge is -2.06. The Kier molecular flexibility index (Phi) is 3.45. The topological polar surface area (TPSA) is 69.1 Å². The molecular formula is C13H10Cl2N2O. The predicted molar refractivity (Wildman–Crippen MR) is 75.2 cm³/mol. The van der Waals surface area contributed by atoms with E-state index in [1.807, 2.05) is 0 Å². The van der Waals surface area contributed by atoms with Gasteiger partial charge in [0.15, 0.2) is 5.78 Å². The van der Waals surface area contributed by atoms with Crippen molar-refractivity contribution in [2.45, 2.75) is 0 Å². The quantitative estimate of drug-likeness (QED) is 0.654. The first kappa shape index (κ1) is 12.7. The molecule has 0 amide bonds. The number of hydrogen-bond donors (Lipinski definition) is 2. The minimum absolute atomic E-state index is 0.220. The van der Waals surface area contributed by atoms with Crippen LogP contribution in [0.2, 0.25) is 10.0 Å². The summed E-state index contributed by atoms with van der Waals surface area (Å²) in [6.07, 6.45) is 0. The average molecular weight is 281 g/mol. The monoisotopic (exact) mass is 280 g/mol. The predicted octanol–water partition coefficient (Wildman–Crippen LogP) is 3.39. The third kappa shape index (κ3) is 2.42. The van der Waals surface area contributed by atoms with Gasteiger partial charge in [-0.2, -0.15) is 0 Å². The zero-order chi connectivity index (χ0) is 13.3. The Morgan fingerprint density at radius 1 is 0.944 bits per heavy atom. The van der Waals surface area contributed by atoms with Gasteiger partial charge in [-0.1, -0.05) is 23.2 Å². The lowest BCUT2D eigenvalue weighted by Crippen LogP contribution is -2.03. The fourth-order valence-corrected chi connectivity index (χ4v) is 1.99. The lowest BCUT2D eigenvalue weighted by atomic mass is 10.0. The summed E-state index contributed by atoms with van der Waals surface area (Å²) in [7, 11) is 0. The highest BCUT2D eigenvalue weighted by Gasteiger charge is 2.14. The van der Waals surface area contributed by atoms with Gasteiger partial charge in [0.05, 0.1) is 15.7 Å². The van der Waals surface area contributed by atoms with Crippen LogP contribution < -0.4 is 11.5 Å². The number of nitrogen functional groups attached to an aromatic ring is 2. The third-order valence-electron chi connectivity index (χ3n) is 2.50. The molecule has 2 aromatic carbocycles. The van der Waals surface area contributed by atoms with Crippen LogP contribution in [0.15, 0.2) is 36.4 Å². The Morgan fingerprint density at radius 2 is 1.67 bits per heavy atom. The van der Waals surface area contributed by atoms with Crippen LogP contribution in [0.3, 0.4) is 0 Å². The van der Waals surface area contributed by atoms with Crippen LogP contribution in [-0.2, 0) is 0 Å². The first-order valence-corrected chi connectivity index (χ1v) is 5.89. The third-order valence-corrected chi connectivity index (χ3v) is 3.14. The standard InChI is InChI=1S/C13H10Cl2N2O/c14-10-6-8(16)2-3-9(10)13(18)7-1-4-12(17)11(15)5-7/h1-6H,16-17H2. The summed E-state index contributed by atoms with van der Waals surface area (Å²) in [5, 5.41) is 0.653. The molecule has 4 N–H and O–H groups in total. The van der Waals surface area contributed by atoms with Crippen LogP contribution in [-0.4, -0.2) is 5.78 Å². The molecule has 0 radical (unpaired) electrons. The van der Waals surface area contributed by atoms with E-state index < -0.39 is 0 Å². The number of carbonyl (C=O) groups excluding carboxylic acids is 1. The molecule has 5 heteroatoms. The molecule has 0 aliphatic rings.